The molecule has 2 N–H and O–H groups in total. The first-order valence-corrected chi connectivity index (χ1v) is 6.80. The van der Waals surface area contributed by atoms with Crippen molar-refractivity contribution in [1.82, 2.24) is 4.98 Å². The van der Waals surface area contributed by atoms with E-state index in [4.69, 9.17) is 10.5 Å². The van der Waals surface area contributed by atoms with Crippen molar-refractivity contribution in [3.8, 4) is 5.88 Å². The number of hydrogen-bond donors (Lipinski definition) is 1. The molecule has 0 saturated heterocycles. The number of ether oxygens (including phenoxy) is 1. The fraction of sp³-hybridized carbons (Fsp3) is 0.667. The Morgan fingerprint density at radius 1 is 1.44 bits per heavy atom. The standard InChI is InChI=1S/C15H24N2O/c1-11-6-13(9-15(2,3)8-11)18-14-7-12(10-16)4-5-17-14/h4-5,7,11,13H,6,8-10,16H2,1-3H3. The van der Waals surface area contributed by atoms with E-state index in [2.05, 4.69) is 25.8 Å². The zero-order valence-electron chi connectivity index (χ0n) is 11.6. The number of nitrogens with two attached hydrogens (primary N) is 1. The molecule has 1 saturated carbocycles. The van der Waals surface area contributed by atoms with E-state index < -0.39 is 0 Å². The van der Waals surface area contributed by atoms with Crippen LogP contribution in [0.3, 0.4) is 0 Å². The van der Waals surface area contributed by atoms with Crippen molar-refractivity contribution in [3.05, 3.63) is 23.9 Å². The average molecular weight is 248 g/mol. The van der Waals surface area contributed by atoms with Crippen LogP contribution in [0.5, 0.6) is 5.88 Å². The summed E-state index contributed by atoms with van der Waals surface area (Å²) < 4.78 is 6.04. The molecule has 1 fully saturated rings. The van der Waals surface area contributed by atoms with Crippen LogP contribution in [0.1, 0.15) is 45.6 Å². The molecule has 0 aliphatic heterocycles. The highest BCUT2D eigenvalue weighted by molar-refractivity contribution is 5.20. The molecule has 1 heterocycles. The summed E-state index contributed by atoms with van der Waals surface area (Å²) in [6.45, 7) is 7.48. The van der Waals surface area contributed by atoms with Crippen molar-refractivity contribution in [1.29, 1.82) is 0 Å². The van der Waals surface area contributed by atoms with E-state index in [1.807, 2.05) is 12.1 Å². The smallest absolute Gasteiger partial charge is 0.213 e. The molecule has 1 aromatic rings. The third kappa shape index (κ3) is 3.45. The fourth-order valence-corrected chi connectivity index (χ4v) is 3.16. The molecule has 3 heteroatoms. The highest BCUT2D eigenvalue weighted by Crippen LogP contribution is 2.39. The van der Waals surface area contributed by atoms with Crippen molar-refractivity contribution in [3.63, 3.8) is 0 Å². The lowest BCUT2D eigenvalue weighted by Crippen LogP contribution is -2.34. The van der Waals surface area contributed by atoms with Gasteiger partial charge < -0.3 is 10.5 Å². The van der Waals surface area contributed by atoms with Crippen molar-refractivity contribution in [2.75, 3.05) is 0 Å². The summed E-state index contributed by atoms with van der Waals surface area (Å²) in [6.07, 6.45) is 5.56. The highest BCUT2D eigenvalue weighted by atomic mass is 16.5. The van der Waals surface area contributed by atoms with Crippen LogP contribution in [0.15, 0.2) is 18.3 Å². The van der Waals surface area contributed by atoms with Crippen LogP contribution >= 0.6 is 0 Å². The van der Waals surface area contributed by atoms with Gasteiger partial charge in [0.05, 0.1) is 0 Å². The Labute approximate surface area is 110 Å². The summed E-state index contributed by atoms with van der Waals surface area (Å²) in [5.74, 6) is 1.43. The van der Waals surface area contributed by atoms with Gasteiger partial charge in [-0.3, -0.25) is 0 Å². The number of pyridine rings is 1. The molecule has 0 aromatic carbocycles. The van der Waals surface area contributed by atoms with Crippen LogP contribution in [0.4, 0.5) is 0 Å². The molecule has 0 radical (unpaired) electrons. The lowest BCUT2D eigenvalue weighted by atomic mass is 9.71. The second kappa shape index (κ2) is 5.27. The van der Waals surface area contributed by atoms with Crippen LogP contribution in [-0.2, 0) is 6.54 Å². The van der Waals surface area contributed by atoms with Crippen LogP contribution in [-0.4, -0.2) is 11.1 Å². The Bertz CT molecular complexity index is 403. The molecule has 0 spiro atoms. The second-order valence-corrected chi connectivity index (χ2v) is 6.36. The minimum Gasteiger partial charge on any atom is -0.474 e. The SMILES string of the molecule is CC1CC(Oc2cc(CN)ccn2)CC(C)(C)C1. The molecule has 1 aliphatic carbocycles. The van der Waals surface area contributed by atoms with E-state index in [1.165, 1.54) is 6.42 Å². The second-order valence-electron chi connectivity index (χ2n) is 6.36. The molecule has 1 aliphatic rings. The largest absolute Gasteiger partial charge is 0.474 e. The van der Waals surface area contributed by atoms with Gasteiger partial charge in [-0.05, 0) is 42.2 Å². The van der Waals surface area contributed by atoms with Gasteiger partial charge >= 0.3 is 0 Å². The molecule has 1 aromatic heterocycles. The van der Waals surface area contributed by atoms with E-state index in [-0.39, 0.29) is 6.10 Å². The Balaban J connectivity index is 2.04. The Morgan fingerprint density at radius 2 is 2.22 bits per heavy atom. The van der Waals surface area contributed by atoms with Crippen LogP contribution in [0, 0.1) is 11.3 Å². The first-order valence-electron chi connectivity index (χ1n) is 6.80. The molecule has 2 rings (SSSR count). The van der Waals surface area contributed by atoms with Crippen LogP contribution < -0.4 is 10.5 Å². The minimum atomic E-state index is 0.282. The highest BCUT2D eigenvalue weighted by Gasteiger charge is 2.33. The lowest BCUT2D eigenvalue weighted by Gasteiger charge is -2.38. The molecular formula is C15H24N2O. The molecular weight excluding hydrogens is 224 g/mol. The number of aromatic nitrogens is 1. The quantitative estimate of drug-likeness (QED) is 0.894. The van der Waals surface area contributed by atoms with E-state index in [0.29, 0.717) is 17.8 Å². The summed E-state index contributed by atoms with van der Waals surface area (Å²) >= 11 is 0. The van der Waals surface area contributed by atoms with E-state index in [0.717, 1.165) is 24.3 Å². The molecule has 18 heavy (non-hydrogen) atoms. The summed E-state index contributed by atoms with van der Waals surface area (Å²) in [7, 11) is 0. The summed E-state index contributed by atoms with van der Waals surface area (Å²) in [4.78, 5) is 4.28. The Hall–Kier alpha value is -1.09. The molecule has 100 valence electrons. The maximum absolute atomic E-state index is 6.04. The summed E-state index contributed by atoms with van der Waals surface area (Å²) in [6, 6.07) is 3.88. The minimum absolute atomic E-state index is 0.282. The van der Waals surface area contributed by atoms with E-state index >= 15 is 0 Å². The predicted molar refractivity (Wildman–Crippen MR) is 73.3 cm³/mol. The van der Waals surface area contributed by atoms with Gasteiger partial charge in [-0.1, -0.05) is 20.8 Å². The normalized spacial score (nSPS) is 26.9. The number of nitrogens with zero attached hydrogens (tertiary/aromatic N) is 1. The summed E-state index contributed by atoms with van der Waals surface area (Å²) in [5.41, 5.74) is 7.07. The monoisotopic (exact) mass is 248 g/mol. The predicted octanol–water partition coefficient (Wildman–Crippen LogP) is 3.13. The molecule has 2 atom stereocenters. The lowest BCUT2D eigenvalue weighted by molar-refractivity contribution is 0.0532. The van der Waals surface area contributed by atoms with Gasteiger partial charge in [-0.2, -0.15) is 0 Å². The van der Waals surface area contributed by atoms with Gasteiger partial charge in [0.2, 0.25) is 5.88 Å². The molecule has 2 unspecified atom stereocenters. The third-order valence-electron chi connectivity index (χ3n) is 3.67. The van der Waals surface area contributed by atoms with Crippen LogP contribution in [0.2, 0.25) is 0 Å². The van der Waals surface area contributed by atoms with Gasteiger partial charge in [0, 0.05) is 18.8 Å². The van der Waals surface area contributed by atoms with Gasteiger partial charge in [0.15, 0.2) is 0 Å². The zero-order valence-corrected chi connectivity index (χ0v) is 11.6. The van der Waals surface area contributed by atoms with Gasteiger partial charge in [-0.25, -0.2) is 4.98 Å². The van der Waals surface area contributed by atoms with Crippen molar-refractivity contribution in [2.24, 2.45) is 17.1 Å². The Morgan fingerprint density at radius 3 is 2.89 bits per heavy atom. The first kappa shape index (κ1) is 13.3. The van der Waals surface area contributed by atoms with Gasteiger partial charge in [0.25, 0.3) is 0 Å². The maximum Gasteiger partial charge on any atom is 0.213 e. The van der Waals surface area contributed by atoms with Gasteiger partial charge in [0.1, 0.15) is 6.10 Å². The first-order chi connectivity index (χ1) is 8.48. The summed E-state index contributed by atoms with van der Waals surface area (Å²) in [5, 5.41) is 0. The van der Waals surface area contributed by atoms with Crippen molar-refractivity contribution < 1.29 is 4.74 Å². The number of rotatable bonds is 3. The molecule has 0 bridgehead atoms. The van der Waals surface area contributed by atoms with Gasteiger partial charge in [-0.15, -0.1) is 0 Å². The zero-order chi connectivity index (χ0) is 13.2. The average Bonchev–Trinajstić information content (AvgIpc) is 2.26. The van der Waals surface area contributed by atoms with Crippen molar-refractivity contribution in [2.45, 2.75) is 52.7 Å². The van der Waals surface area contributed by atoms with Crippen LogP contribution in [0.25, 0.3) is 0 Å². The maximum atomic E-state index is 6.04. The molecule has 0 amide bonds. The molecule has 3 nitrogen and oxygen atoms in total. The topological polar surface area (TPSA) is 48.1 Å². The third-order valence-corrected chi connectivity index (χ3v) is 3.67. The number of hydrogen-bond acceptors (Lipinski definition) is 3. The van der Waals surface area contributed by atoms with Crippen molar-refractivity contribution >= 4 is 0 Å². The van der Waals surface area contributed by atoms with E-state index in [1.54, 1.807) is 6.20 Å². The Kier molecular flexibility index (Phi) is 3.91. The van der Waals surface area contributed by atoms with E-state index in [9.17, 15) is 0 Å². The fourth-order valence-electron chi connectivity index (χ4n) is 3.16.